The maximum atomic E-state index is 6.18. The molecule has 0 spiro atoms. The number of hydrogen-bond acceptors (Lipinski definition) is 5. The number of aromatic nitrogens is 3. The topological polar surface area (TPSA) is 49.2 Å². The maximum Gasteiger partial charge on any atom is 0.196 e. The van der Waals surface area contributed by atoms with E-state index in [0.29, 0.717) is 24.8 Å². The molecule has 0 aliphatic carbocycles. The molecule has 0 unspecified atom stereocenters. The van der Waals surface area contributed by atoms with Gasteiger partial charge in [-0.1, -0.05) is 35.5 Å². The van der Waals surface area contributed by atoms with Crippen LogP contribution in [0.5, 0.6) is 5.75 Å². The normalized spacial score (nSPS) is 10.9. The Hall–Kier alpha value is -2.02. The molecule has 27 heavy (non-hydrogen) atoms. The lowest BCUT2D eigenvalue weighted by Crippen LogP contribution is -2.02. The highest BCUT2D eigenvalue weighted by Crippen LogP contribution is 2.30. The molecule has 0 fully saturated rings. The van der Waals surface area contributed by atoms with E-state index in [4.69, 9.17) is 21.1 Å². The van der Waals surface area contributed by atoms with Crippen molar-refractivity contribution in [3.63, 3.8) is 0 Å². The minimum atomic E-state index is 0.637. The second-order valence-corrected chi connectivity index (χ2v) is 7.12. The summed E-state index contributed by atoms with van der Waals surface area (Å²) in [6, 6.07) is 15.6. The monoisotopic (exact) mass is 403 g/mol. The maximum absolute atomic E-state index is 6.18. The van der Waals surface area contributed by atoms with E-state index in [9.17, 15) is 0 Å². The summed E-state index contributed by atoms with van der Waals surface area (Å²) >= 11 is 7.79. The smallest absolute Gasteiger partial charge is 0.196 e. The second kappa shape index (κ2) is 9.78. The van der Waals surface area contributed by atoms with Gasteiger partial charge < -0.3 is 9.47 Å². The number of halogens is 1. The molecule has 0 bridgehead atoms. The Labute approximate surface area is 168 Å². The molecule has 7 heteroatoms. The van der Waals surface area contributed by atoms with Gasteiger partial charge in [0.25, 0.3) is 0 Å². The van der Waals surface area contributed by atoms with Crippen LogP contribution in [0.15, 0.2) is 53.7 Å². The number of benzene rings is 2. The lowest BCUT2D eigenvalue weighted by Gasteiger charge is -2.11. The first-order chi connectivity index (χ1) is 13.2. The summed E-state index contributed by atoms with van der Waals surface area (Å²) in [6.07, 6.45) is 0. The van der Waals surface area contributed by atoms with Crippen LogP contribution in [0, 0.1) is 0 Å². The van der Waals surface area contributed by atoms with Crippen molar-refractivity contribution in [1.29, 1.82) is 0 Å². The Morgan fingerprint density at radius 3 is 2.56 bits per heavy atom. The van der Waals surface area contributed by atoms with Crippen LogP contribution >= 0.6 is 23.4 Å². The van der Waals surface area contributed by atoms with Crippen LogP contribution < -0.4 is 4.74 Å². The largest absolute Gasteiger partial charge is 0.494 e. The fourth-order valence-corrected chi connectivity index (χ4v) is 3.60. The molecule has 1 heterocycles. The van der Waals surface area contributed by atoms with Crippen LogP contribution in [-0.2, 0) is 4.74 Å². The number of thioether (sulfide) groups is 1. The number of hydrogen-bond donors (Lipinski definition) is 0. The van der Waals surface area contributed by atoms with Crippen LogP contribution in [0.2, 0.25) is 5.02 Å². The van der Waals surface area contributed by atoms with Gasteiger partial charge in [0.15, 0.2) is 11.0 Å². The van der Waals surface area contributed by atoms with Crippen molar-refractivity contribution in [2.24, 2.45) is 0 Å². The molecule has 0 saturated carbocycles. The van der Waals surface area contributed by atoms with Gasteiger partial charge in [0.1, 0.15) is 5.75 Å². The highest BCUT2D eigenvalue weighted by Gasteiger charge is 2.16. The molecule has 0 aliphatic heterocycles. The fourth-order valence-electron chi connectivity index (χ4n) is 2.61. The van der Waals surface area contributed by atoms with E-state index in [2.05, 4.69) is 10.2 Å². The van der Waals surface area contributed by atoms with E-state index >= 15 is 0 Å². The molecule has 0 N–H and O–H groups in total. The first-order valence-electron chi connectivity index (χ1n) is 8.88. The third kappa shape index (κ3) is 5.03. The first-order valence-corrected chi connectivity index (χ1v) is 10.2. The van der Waals surface area contributed by atoms with E-state index in [0.717, 1.165) is 33.7 Å². The van der Waals surface area contributed by atoms with Crippen molar-refractivity contribution in [1.82, 2.24) is 14.8 Å². The third-order valence-electron chi connectivity index (χ3n) is 3.79. The Balaban J connectivity index is 1.97. The van der Waals surface area contributed by atoms with Crippen LogP contribution in [-0.4, -0.2) is 40.3 Å². The molecule has 2 aromatic carbocycles. The van der Waals surface area contributed by atoms with Crippen molar-refractivity contribution in [2.45, 2.75) is 19.0 Å². The SMILES string of the molecule is CCOCCSc1nnc(-c2cccc(Cl)c2)n1-c1ccc(OCC)cc1. The van der Waals surface area contributed by atoms with E-state index in [-0.39, 0.29) is 0 Å². The van der Waals surface area contributed by atoms with Crippen molar-refractivity contribution < 1.29 is 9.47 Å². The van der Waals surface area contributed by atoms with Gasteiger partial charge in [-0.3, -0.25) is 4.57 Å². The first kappa shape index (κ1) is 19.7. The van der Waals surface area contributed by atoms with Gasteiger partial charge in [0.05, 0.1) is 13.2 Å². The zero-order chi connectivity index (χ0) is 19.1. The summed E-state index contributed by atoms with van der Waals surface area (Å²) in [5.74, 6) is 2.39. The summed E-state index contributed by atoms with van der Waals surface area (Å²) in [5.41, 5.74) is 1.89. The second-order valence-electron chi connectivity index (χ2n) is 5.62. The molecule has 0 atom stereocenters. The zero-order valence-electron chi connectivity index (χ0n) is 15.4. The van der Waals surface area contributed by atoms with Crippen molar-refractivity contribution in [3.05, 3.63) is 53.6 Å². The van der Waals surface area contributed by atoms with E-state index in [1.165, 1.54) is 0 Å². The average Bonchev–Trinajstić information content (AvgIpc) is 3.10. The average molecular weight is 404 g/mol. The third-order valence-corrected chi connectivity index (χ3v) is 4.91. The van der Waals surface area contributed by atoms with E-state index in [1.54, 1.807) is 11.8 Å². The van der Waals surface area contributed by atoms with Crippen molar-refractivity contribution in [2.75, 3.05) is 25.6 Å². The lowest BCUT2D eigenvalue weighted by atomic mass is 10.2. The summed E-state index contributed by atoms with van der Waals surface area (Å²) in [6.45, 7) is 5.98. The predicted octanol–water partition coefficient (Wildman–Crippen LogP) is 5.12. The Bertz CT molecular complexity index is 868. The van der Waals surface area contributed by atoms with Gasteiger partial charge in [0.2, 0.25) is 0 Å². The van der Waals surface area contributed by atoms with Crippen molar-refractivity contribution in [3.8, 4) is 22.8 Å². The van der Waals surface area contributed by atoms with E-state index in [1.807, 2.05) is 66.9 Å². The Kier molecular flexibility index (Phi) is 7.15. The lowest BCUT2D eigenvalue weighted by molar-refractivity contribution is 0.164. The molecule has 0 aliphatic rings. The van der Waals surface area contributed by atoms with Gasteiger partial charge in [-0.2, -0.15) is 0 Å². The van der Waals surface area contributed by atoms with Gasteiger partial charge in [0, 0.05) is 28.6 Å². The quantitative estimate of drug-likeness (QED) is 0.367. The van der Waals surface area contributed by atoms with Gasteiger partial charge in [-0.15, -0.1) is 10.2 Å². The molecule has 1 aromatic heterocycles. The molecule has 3 rings (SSSR count). The van der Waals surface area contributed by atoms with Gasteiger partial charge in [-0.25, -0.2) is 0 Å². The highest BCUT2D eigenvalue weighted by atomic mass is 35.5. The number of rotatable bonds is 9. The summed E-state index contributed by atoms with van der Waals surface area (Å²) < 4.78 is 13.0. The molecule has 0 radical (unpaired) electrons. The van der Waals surface area contributed by atoms with Crippen LogP contribution in [0.25, 0.3) is 17.1 Å². The fraction of sp³-hybridized carbons (Fsp3) is 0.300. The predicted molar refractivity (Wildman–Crippen MR) is 110 cm³/mol. The number of nitrogens with zero attached hydrogens (tertiary/aromatic N) is 3. The van der Waals surface area contributed by atoms with Gasteiger partial charge >= 0.3 is 0 Å². The molecular formula is C20H22ClN3O2S. The van der Waals surface area contributed by atoms with Crippen LogP contribution in [0.3, 0.4) is 0 Å². The van der Waals surface area contributed by atoms with Crippen LogP contribution in [0.4, 0.5) is 0 Å². The Morgan fingerprint density at radius 2 is 1.85 bits per heavy atom. The summed E-state index contributed by atoms with van der Waals surface area (Å²) in [4.78, 5) is 0. The molecule has 5 nitrogen and oxygen atoms in total. The highest BCUT2D eigenvalue weighted by molar-refractivity contribution is 7.99. The minimum absolute atomic E-state index is 0.637. The summed E-state index contributed by atoms with van der Waals surface area (Å²) in [5, 5.41) is 10.3. The standard InChI is InChI=1S/C20H22ClN3O2S/c1-3-25-12-13-27-20-23-22-19(15-6-5-7-16(21)14-15)24(20)17-8-10-18(11-9-17)26-4-2/h5-11,14H,3-4,12-13H2,1-2H3. The molecule has 0 saturated heterocycles. The number of ether oxygens (including phenoxy) is 2. The van der Waals surface area contributed by atoms with E-state index < -0.39 is 0 Å². The molecule has 142 valence electrons. The zero-order valence-corrected chi connectivity index (χ0v) is 17.0. The van der Waals surface area contributed by atoms with Gasteiger partial charge in [-0.05, 0) is 50.2 Å². The summed E-state index contributed by atoms with van der Waals surface area (Å²) in [7, 11) is 0. The van der Waals surface area contributed by atoms with Crippen LogP contribution in [0.1, 0.15) is 13.8 Å². The Morgan fingerprint density at radius 1 is 1.04 bits per heavy atom. The minimum Gasteiger partial charge on any atom is -0.494 e. The molecule has 3 aromatic rings. The molecule has 0 amide bonds. The van der Waals surface area contributed by atoms with Crippen molar-refractivity contribution >= 4 is 23.4 Å². The molecular weight excluding hydrogens is 382 g/mol.